The van der Waals surface area contributed by atoms with Crippen molar-refractivity contribution in [1.82, 2.24) is 30.2 Å². The third-order valence-corrected chi connectivity index (χ3v) is 4.86. The molecule has 9 heteroatoms. The highest BCUT2D eigenvalue weighted by atomic mass is 16.5. The van der Waals surface area contributed by atoms with Gasteiger partial charge in [-0.1, -0.05) is 18.0 Å². The largest absolute Gasteiger partial charge is 0.461 e. The van der Waals surface area contributed by atoms with E-state index in [1.165, 1.54) is 12.8 Å². The third kappa shape index (κ3) is 3.91. The summed E-state index contributed by atoms with van der Waals surface area (Å²) < 4.78 is 12.5. The SMILES string of the molecule is C[C@H](NC(=O)CCc1nc(-c2ccco2)no1)c1nncn1C1CCCC1. The van der Waals surface area contributed by atoms with E-state index in [1.807, 2.05) is 6.92 Å². The number of rotatable bonds is 7. The van der Waals surface area contributed by atoms with Crippen LogP contribution in [0.25, 0.3) is 11.6 Å². The highest BCUT2D eigenvalue weighted by Crippen LogP contribution is 2.31. The van der Waals surface area contributed by atoms with Gasteiger partial charge in [0.25, 0.3) is 0 Å². The van der Waals surface area contributed by atoms with Crippen LogP contribution in [0.5, 0.6) is 0 Å². The summed E-state index contributed by atoms with van der Waals surface area (Å²) in [5.41, 5.74) is 0. The zero-order valence-electron chi connectivity index (χ0n) is 15.2. The number of nitrogens with zero attached hydrogens (tertiary/aromatic N) is 5. The Labute approximate surface area is 156 Å². The Morgan fingerprint density at radius 1 is 1.41 bits per heavy atom. The van der Waals surface area contributed by atoms with E-state index in [2.05, 4.69) is 30.2 Å². The first-order valence-electron chi connectivity index (χ1n) is 9.26. The highest BCUT2D eigenvalue weighted by molar-refractivity contribution is 5.76. The van der Waals surface area contributed by atoms with Crippen LogP contribution in [0.2, 0.25) is 0 Å². The molecule has 3 aromatic rings. The summed E-state index contributed by atoms with van der Waals surface area (Å²) in [4.78, 5) is 16.6. The van der Waals surface area contributed by atoms with E-state index in [9.17, 15) is 4.79 Å². The zero-order valence-corrected chi connectivity index (χ0v) is 15.2. The van der Waals surface area contributed by atoms with Crippen molar-refractivity contribution in [3.8, 4) is 11.6 Å². The van der Waals surface area contributed by atoms with Gasteiger partial charge >= 0.3 is 0 Å². The number of aryl methyl sites for hydroxylation is 1. The molecule has 1 aliphatic carbocycles. The Bertz CT molecular complexity index is 879. The van der Waals surface area contributed by atoms with Crippen LogP contribution < -0.4 is 5.32 Å². The van der Waals surface area contributed by atoms with Gasteiger partial charge in [-0.05, 0) is 31.9 Å². The first-order chi connectivity index (χ1) is 13.2. The van der Waals surface area contributed by atoms with Gasteiger partial charge in [0.15, 0.2) is 11.6 Å². The lowest BCUT2D eigenvalue weighted by molar-refractivity contribution is -0.121. The average Bonchev–Trinajstić information content (AvgIpc) is 3.47. The van der Waals surface area contributed by atoms with Gasteiger partial charge in [0.05, 0.1) is 12.3 Å². The number of furan rings is 1. The molecule has 3 heterocycles. The third-order valence-electron chi connectivity index (χ3n) is 4.86. The maximum Gasteiger partial charge on any atom is 0.238 e. The molecule has 1 saturated carbocycles. The van der Waals surface area contributed by atoms with Gasteiger partial charge in [-0.2, -0.15) is 4.98 Å². The lowest BCUT2D eigenvalue weighted by Crippen LogP contribution is -2.29. The van der Waals surface area contributed by atoms with E-state index in [0.717, 1.165) is 18.7 Å². The average molecular weight is 370 g/mol. The molecular formula is C18H22N6O3. The van der Waals surface area contributed by atoms with E-state index in [4.69, 9.17) is 8.94 Å². The van der Waals surface area contributed by atoms with Crippen LogP contribution in [0.3, 0.4) is 0 Å². The van der Waals surface area contributed by atoms with Crippen LogP contribution in [0.15, 0.2) is 33.7 Å². The van der Waals surface area contributed by atoms with Gasteiger partial charge in [-0.3, -0.25) is 4.79 Å². The fraction of sp³-hybridized carbons (Fsp3) is 0.500. The molecule has 27 heavy (non-hydrogen) atoms. The van der Waals surface area contributed by atoms with Gasteiger partial charge in [0, 0.05) is 18.9 Å². The van der Waals surface area contributed by atoms with Crippen LogP contribution in [0.4, 0.5) is 0 Å². The van der Waals surface area contributed by atoms with Gasteiger partial charge in [0.2, 0.25) is 17.6 Å². The van der Waals surface area contributed by atoms with Crippen molar-refractivity contribution in [1.29, 1.82) is 0 Å². The molecule has 142 valence electrons. The van der Waals surface area contributed by atoms with Crippen molar-refractivity contribution >= 4 is 5.91 Å². The number of hydrogen-bond acceptors (Lipinski definition) is 7. The molecule has 1 amide bonds. The molecule has 9 nitrogen and oxygen atoms in total. The van der Waals surface area contributed by atoms with Gasteiger partial charge < -0.3 is 18.8 Å². The molecule has 1 N–H and O–H groups in total. The van der Waals surface area contributed by atoms with Crippen LogP contribution in [0, 0.1) is 0 Å². The first-order valence-corrected chi connectivity index (χ1v) is 9.26. The van der Waals surface area contributed by atoms with Gasteiger partial charge in [-0.25, -0.2) is 0 Å². The Morgan fingerprint density at radius 2 is 2.26 bits per heavy atom. The summed E-state index contributed by atoms with van der Waals surface area (Å²) in [7, 11) is 0. The predicted molar refractivity (Wildman–Crippen MR) is 94.4 cm³/mol. The lowest BCUT2D eigenvalue weighted by Gasteiger charge is -2.18. The molecule has 0 saturated heterocycles. The Morgan fingerprint density at radius 3 is 3.04 bits per heavy atom. The summed E-state index contributed by atoms with van der Waals surface area (Å²) in [6.45, 7) is 1.93. The van der Waals surface area contributed by atoms with Gasteiger partial charge in [0.1, 0.15) is 6.33 Å². The van der Waals surface area contributed by atoms with Gasteiger partial charge in [-0.15, -0.1) is 10.2 Å². The minimum absolute atomic E-state index is 0.0961. The molecule has 1 aliphatic rings. The summed E-state index contributed by atoms with van der Waals surface area (Å²) in [5, 5.41) is 15.1. The molecule has 1 fully saturated rings. The lowest BCUT2D eigenvalue weighted by atomic mass is 10.2. The van der Waals surface area contributed by atoms with Crippen LogP contribution in [-0.2, 0) is 11.2 Å². The summed E-state index contributed by atoms with van der Waals surface area (Å²) >= 11 is 0. The summed E-state index contributed by atoms with van der Waals surface area (Å²) in [6, 6.07) is 3.74. The van der Waals surface area contributed by atoms with Crippen molar-refractivity contribution in [3.05, 3.63) is 36.4 Å². The number of carbonyl (C=O) groups excluding carboxylic acids is 1. The molecule has 0 aromatic carbocycles. The van der Waals surface area contributed by atoms with E-state index in [0.29, 0.717) is 29.9 Å². The summed E-state index contributed by atoms with van der Waals surface area (Å²) in [5.74, 6) is 2.02. The molecule has 0 radical (unpaired) electrons. The molecule has 0 unspecified atom stereocenters. The zero-order chi connectivity index (χ0) is 18.6. The van der Waals surface area contributed by atoms with Crippen molar-refractivity contribution in [2.75, 3.05) is 0 Å². The number of amides is 1. The summed E-state index contributed by atoms with van der Waals surface area (Å²) in [6.07, 6.45) is 8.67. The number of carbonyl (C=O) groups is 1. The molecular weight excluding hydrogens is 348 g/mol. The Hall–Kier alpha value is -2.97. The minimum Gasteiger partial charge on any atom is -0.461 e. The monoisotopic (exact) mass is 370 g/mol. The van der Waals surface area contributed by atoms with Crippen LogP contribution in [0.1, 0.15) is 62.8 Å². The second-order valence-electron chi connectivity index (χ2n) is 6.81. The smallest absolute Gasteiger partial charge is 0.238 e. The second-order valence-corrected chi connectivity index (χ2v) is 6.81. The van der Waals surface area contributed by atoms with Crippen molar-refractivity contribution < 1.29 is 13.7 Å². The molecule has 3 aromatic heterocycles. The second kappa shape index (κ2) is 7.73. The first kappa shape index (κ1) is 17.4. The van der Waals surface area contributed by atoms with E-state index >= 15 is 0 Å². The maximum absolute atomic E-state index is 12.3. The fourth-order valence-electron chi connectivity index (χ4n) is 3.49. The van der Waals surface area contributed by atoms with E-state index in [1.54, 1.807) is 24.7 Å². The fourth-order valence-corrected chi connectivity index (χ4v) is 3.49. The highest BCUT2D eigenvalue weighted by Gasteiger charge is 2.23. The number of hydrogen-bond donors (Lipinski definition) is 1. The van der Waals surface area contributed by atoms with Crippen molar-refractivity contribution in [2.24, 2.45) is 0 Å². The van der Waals surface area contributed by atoms with Crippen molar-refractivity contribution in [2.45, 2.75) is 57.5 Å². The van der Waals surface area contributed by atoms with Crippen molar-refractivity contribution in [3.63, 3.8) is 0 Å². The van der Waals surface area contributed by atoms with Crippen LogP contribution >= 0.6 is 0 Å². The number of nitrogens with one attached hydrogen (secondary N) is 1. The Kier molecular flexibility index (Phi) is 4.99. The molecule has 0 aliphatic heterocycles. The van der Waals surface area contributed by atoms with E-state index in [-0.39, 0.29) is 18.4 Å². The maximum atomic E-state index is 12.3. The van der Waals surface area contributed by atoms with Crippen LogP contribution in [-0.4, -0.2) is 30.8 Å². The molecule has 4 rings (SSSR count). The minimum atomic E-state index is -0.207. The predicted octanol–water partition coefficient (Wildman–Crippen LogP) is 2.85. The molecule has 1 atom stereocenters. The Balaban J connectivity index is 1.31. The quantitative estimate of drug-likeness (QED) is 0.680. The normalized spacial score (nSPS) is 15.9. The number of aromatic nitrogens is 5. The molecule has 0 spiro atoms. The molecule has 0 bridgehead atoms. The topological polar surface area (TPSA) is 112 Å². The van der Waals surface area contributed by atoms with E-state index < -0.39 is 0 Å². The standard InChI is InChI=1S/C18H22N6O3/c1-12(18-22-19-11-24(18)13-5-2-3-6-13)20-15(25)8-9-16-21-17(23-27-16)14-7-4-10-26-14/h4,7,10-13H,2-3,5-6,8-9H2,1H3,(H,20,25)/t12-/m0/s1.